The standard InChI is InChI=1S/C21H28N4O5S/c1-16-13-25(14-17(2)30-16)31(27,28)11-10-23-21(26)24-19-4-3-5-20(12-19)29-15-18-6-8-22-9-7-18/h3-9,12,16-17H,10-11,13-15H2,1-2H3,(H2,23,24,26)/t16-,17-/m1/s1. The van der Waals surface area contributed by atoms with Crippen molar-refractivity contribution in [2.24, 2.45) is 0 Å². The summed E-state index contributed by atoms with van der Waals surface area (Å²) >= 11 is 0. The van der Waals surface area contributed by atoms with Crippen LogP contribution in [-0.4, -0.2) is 61.3 Å². The Kier molecular flexibility index (Phi) is 7.83. The van der Waals surface area contributed by atoms with Crippen LogP contribution in [0.25, 0.3) is 0 Å². The number of urea groups is 1. The van der Waals surface area contributed by atoms with Gasteiger partial charge in [0.05, 0.1) is 18.0 Å². The Morgan fingerprint density at radius 2 is 1.90 bits per heavy atom. The third kappa shape index (κ3) is 7.20. The molecule has 0 bridgehead atoms. The Bertz CT molecular complexity index is 961. The number of morpholine rings is 1. The fourth-order valence-electron chi connectivity index (χ4n) is 3.27. The first-order valence-electron chi connectivity index (χ1n) is 10.1. The van der Waals surface area contributed by atoms with Gasteiger partial charge in [0.1, 0.15) is 12.4 Å². The summed E-state index contributed by atoms with van der Waals surface area (Å²) in [6.45, 7) is 4.73. The summed E-state index contributed by atoms with van der Waals surface area (Å²) in [7, 11) is -3.47. The van der Waals surface area contributed by atoms with Crippen LogP contribution >= 0.6 is 0 Å². The van der Waals surface area contributed by atoms with Gasteiger partial charge in [-0.2, -0.15) is 4.31 Å². The quantitative estimate of drug-likeness (QED) is 0.641. The highest BCUT2D eigenvalue weighted by Crippen LogP contribution is 2.18. The molecule has 168 valence electrons. The van der Waals surface area contributed by atoms with E-state index >= 15 is 0 Å². The number of hydrogen-bond acceptors (Lipinski definition) is 6. The Labute approximate surface area is 182 Å². The summed E-state index contributed by atoms with van der Waals surface area (Å²) in [6.07, 6.45) is 3.09. The fraction of sp³-hybridized carbons (Fsp3) is 0.429. The average molecular weight is 449 g/mol. The van der Waals surface area contributed by atoms with Crippen molar-refractivity contribution >= 4 is 21.7 Å². The van der Waals surface area contributed by atoms with Crippen molar-refractivity contribution in [1.29, 1.82) is 0 Å². The van der Waals surface area contributed by atoms with Gasteiger partial charge in [-0.1, -0.05) is 6.07 Å². The van der Waals surface area contributed by atoms with Crippen LogP contribution in [0.1, 0.15) is 19.4 Å². The van der Waals surface area contributed by atoms with E-state index in [1.54, 1.807) is 36.7 Å². The number of rotatable bonds is 8. The van der Waals surface area contributed by atoms with Crippen molar-refractivity contribution < 1.29 is 22.7 Å². The summed E-state index contributed by atoms with van der Waals surface area (Å²) in [5.74, 6) is 0.433. The zero-order valence-electron chi connectivity index (χ0n) is 17.7. The molecule has 0 aliphatic carbocycles. The van der Waals surface area contributed by atoms with E-state index in [0.29, 0.717) is 31.1 Å². The number of carbonyl (C=O) groups is 1. The topological polar surface area (TPSA) is 110 Å². The van der Waals surface area contributed by atoms with Crippen LogP contribution in [0, 0.1) is 0 Å². The number of benzene rings is 1. The predicted molar refractivity (Wildman–Crippen MR) is 117 cm³/mol. The van der Waals surface area contributed by atoms with Crippen molar-refractivity contribution in [2.75, 3.05) is 30.7 Å². The maximum absolute atomic E-state index is 12.5. The number of hydrogen-bond donors (Lipinski definition) is 2. The van der Waals surface area contributed by atoms with Crippen molar-refractivity contribution in [3.8, 4) is 5.75 Å². The van der Waals surface area contributed by atoms with Gasteiger partial charge in [0, 0.05) is 43.8 Å². The molecule has 1 saturated heterocycles. The molecule has 1 aliphatic rings. The van der Waals surface area contributed by atoms with Gasteiger partial charge in [-0.05, 0) is 43.7 Å². The van der Waals surface area contributed by atoms with E-state index in [4.69, 9.17) is 9.47 Å². The van der Waals surface area contributed by atoms with Gasteiger partial charge in [-0.15, -0.1) is 0 Å². The Hall–Kier alpha value is -2.69. The monoisotopic (exact) mass is 448 g/mol. The molecule has 10 heteroatoms. The zero-order valence-corrected chi connectivity index (χ0v) is 18.5. The minimum Gasteiger partial charge on any atom is -0.489 e. The van der Waals surface area contributed by atoms with E-state index in [2.05, 4.69) is 15.6 Å². The van der Waals surface area contributed by atoms with Crippen molar-refractivity contribution in [3.63, 3.8) is 0 Å². The molecule has 1 aromatic carbocycles. The van der Waals surface area contributed by atoms with Gasteiger partial charge in [-0.25, -0.2) is 13.2 Å². The second-order valence-electron chi connectivity index (χ2n) is 7.44. The number of nitrogens with zero attached hydrogens (tertiary/aromatic N) is 2. The molecule has 3 rings (SSSR count). The van der Waals surface area contributed by atoms with Crippen molar-refractivity contribution in [3.05, 3.63) is 54.4 Å². The van der Waals surface area contributed by atoms with E-state index < -0.39 is 16.1 Å². The van der Waals surface area contributed by atoms with Crippen LogP contribution in [-0.2, 0) is 21.4 Å². The highest BCUT2D eigenvalue weighted by atomic mass is 32.2. The first-order valence-corrected chi connectivity index (χ1v) is 11.7. The molecule has 1 fully saturated rings. The fourth-order valence-corrected chi connectivity index (χ4v) is 4.76. The van der Waals surface area contributed by atoms with Crippen LogP contribution in [0.4, 0.5) is 10.5 Å². The van der Waals surface area contributed by atoms with Gasteiger partial charge >= 0.3 is 6.03 Å². The van der Waals surface area contributed by atoms with Gasteiger partial charge in [0.25, 0.3) is 0 Å². The molecule has 2 heterocycles. The van der Waals surface area contributed by atoms with Crippen molar-refractivity contribution in [1.82, 2.24) is 14.6 Å². The number of carbonyl (C=O) groups excluding carboxylic acids is 1. The van der Waals surface area contributed by atoms with E-state index in [1.807, 2.05) is 26.0 Å². The van der Waals surface area contributed by atoms with Crippen molar-refractivity contribution in [2.45, 2.75) is 32.7 Å². The molecule has 2 aromatic rings. The molecule has 0 radical (unpaired) electrons. The molecule has 9 nitrogen and oxygen atoms in total. The van der Waals surface area contributed by atoms with E-state index in [-0.39, 0.29) is 24.5 Å². The van der Waals surface area contributed by atoms with Crippen LogP contribution in [0.2, 0.25) is 0 Å². The van der Waals surface area contributed by atoms with Crippen LogP contribution in [0.5, 0.6) is 5.75 Å². The third-order valence-electron chi connectivity index (χ3n) is 4.67. The minimum absolute atomic E-state index is 0.00647. The molecule has 1 aromatic heterocycles. The van der Waals surface area contributed by atoms with E-state index in [9.17, 15) is 13.2 Å². The Morgan fingerprint density at radius 3 is 2.61 bits per heavy atom. The Balaban J connectivity index is 1.45. The lowest BCUT2D eigenvalue weighted by Crippen LogP contribution is -2.49. The van der Waals surface area contributed by atoms with Crippen LogP contribution in [0.3, 0.4) is 0 Å². The Morgan fingerprint density at radius 1 is 1.19 bits per heavy atom. The first-order chi connectivity index (χ1) is 14.8. The summed E-state index contributed by atoms with van der Waals surface area (Å²) in [5, 5.41) is 5.28. The van der Waals surface area contributed by atoms with Gasteiger partial charge in [-0.3, -0.25) is 4.98 Å². The lowest BCUT2D eigenvalue weighted by Gasteiger charge is -2.34. The molecule has 2 N–H and O–H groups in total. The second kappa shape index (κ2) is 10.6. The number of anilines is 1. The smallest absolute Gasteiger partial charge is 0.319 e. The molecule has 31 heavy (non-hydrogen) atoms. The SMILES string of the molecule is C[C@@H]1CN(S(=O)(=O)CCNC(=O)Nc2cccc(OCc3ccncc3)c2)C[C@@H](C)O1. The summed E-state index contributed by atoms with van der Waals surface area (Å²) in [6, 6.07) is 10.2. The largest absolute Gasteiger partial charge is 0.489 e. The molecule has 2 atom stereocenters. The molecule has 1 aliphatic heterocycles. The number of ether oxygens (including phenoxy) is 2. The first kappa shape index (κ1) is 23.0. The summed E-state index contributed by atoms with van der Waals surface area (Å²) in [4.78, 5) is 16.1. The number of aromatic nitrogens is 1. The van der Waals surface area contributed by atoms with Crippen LogP contribution in [0.15, 0.2) is 48.8 Å². The number of nitrogens with one attached hydrogen (secondary N) is 2. The molecule has 0 spiro atoms. The van der Waals surface area contributed by atoms with E-state index in [0.717, 1.165) is 5.56 Å². The second-order valence-corrected chi connectivity index (χ2v) is 9.53. The van der Waals surface area contributed by atoms with Gasteiger partial charge in [0.2, 0.25) is 10.0 Å². The lowest BCUT2D eigenvalue weighted by molar-refractivity contribution is -0.0440. The number of pyridine rings is 1. The zero-order chi connectivity index (χ0) is 22.3. The summed E-state index contributed by atoms with van der Waals surface area (Å²) in [5.41, 5.74) is 1.53. The lowest BCUT2D eigenvalue weighted by atomic mass is 10.3. The predicted octanol–water partition coefficient (Wildman–Crippen LogP) is 2.22. The number of sulfonamides is 1. The van der Waals surface area contributed by atoms with Gasteiger partial charge in [0.15, 0.2) is 0 Å². The molecular weight excluding hydrogens is 420 g/mol. The molecule has 0 saturated carbocycles. The normalized spacial score (nSPS) is 19.5. The molecule has 2 amide bonds. The minimum atomic E-state index is -3.47. The van der Waals surface area contributed by atoms with Gasteiger partial charge < -0.3 is 20.1 Å². The number of amides is 2. The van der Waals surface area contributed by atoms with Crippen LogP contribution < -0.4 is 15.4 Å². The van der Waals surface area contributed by atoms with E-state index in [1.165, 1.54) is 4.31 Å². The molecule has 0 unspecified atom stereocenters. The third-order valence-corrected chi connectivity index (χ3v) is 6.48. The molecular formula is C21H28N4O5S. The average Bonchev–Trinajstić information content (AvgIpc) is 2.72. The summed E-state index contributed by atoms with van der Waals surface area (Å²) < 4.78 is 37.8. The highest BCUT2D eigenvalue weighted by Gasteiger charge is 2.30. The highest BCUT2D eigenvalue weighted by molar-refractivity contribution is 7.89. The maximum atomic E-state index is 12.5. The maximum Gasteiger partial charge on any atom is 0.319 e.